The minimum Gasteiger partial charge on any atom is -0.493 e. The first-order valence-electron chi connectivity index (χ1n) is 7.38. The van der Waals surface area contributed by atoms with Crippen LogP contribution in [0.2, 0.25) is 0 Å². The van der Waals surface area contributed by atoms with Gasteiger partial charge in [0.15, 0.2) is 0 Å². The third-order valence-corrected chi connectivity index (χ3v) is 4.20. The van der Waals surface area contributed by atoms with E-state index >= 15 is 0 Å². The summed E-state index contributed by atoms with van der Waals surface area (Å²) in [5.41, 5.74) is 3.12. The van der Waals surface area contributed by atoms with Crippen molar-refractivity contribution >= 4 is 17.6 Å². The zero-order chi connectivity index (χ0) is 16.0. The summed E-state index contributed by atoms with van der Waals surface area (Å²) in [6.45, 7) is 0.565. The second kappa shape index (κ2) is 5.10. The minimum atomic E-state index is -0.421. The Bertz CT molecular complexity index is 871. The number of esters is 1. The maximum atomic E-state index is 14.8. The number of hydrogen-bond acceptors (Lipinski definition) is 4. The van der Waals surface area contributed by atoms with Crippen LogP contribution in [0.3, 0.4) is 0 Å². The number of carbonyl (C=O) groups is 1. The number of nitrogens with zero attached hydrogens (tertiary/aromatic N) is 1. The summed E-state index contributed by atoms with van der Waals surface area (Å²) in [5.74, 6) is -0.196. The number of ether oxygens (including phenoxy) is 2. The van der Waals surface area contributed by atoms with Gasteiger partial charge in [-0.05, 0) is 42.2 Å². The molecule has 0 fully saturated rings. The molecule has 0 unspecified atom stereocenters. The SMILES string of the molecule is N#CC1=Cc2c3c(cc(F)c2C2=COC(=O)CC2=C1)CCCO3. The fourth-order valence-corrected chi connectivity index (χ4v) is 3.20. The predicted molar refractivity (Wildman–Crippen MR) is 80.6 cm³/mol. The van der Waals surface area contributed by atoms with Crippen LogP contribution in [-0.2, 0) is 16.0 Å². The molecule has 0 aromatic heterocycles. The topological polar surface area (TPSA) is 59.3 Å². The number of aryl methyl sites for hydroxylation is 1. The summed E-state index contributed by atoms with van der Waals surface area (Å²) >= 11 is 0. The van der Waals surface area contributed by atoms with Crippen LogP contribution in [0.4, 0.5) is 4.39 Å². The molecule has 1 aliphatic carbocycles. The zero-order valence-corrected chi connectivity index (χ0v) is 12.2. The molecule has 2 aliphatic heterocycles. The molecule has 1 aromatic rings. The fraction of sp³-hybridized carbons (Fsp3) is 0.222. The van der Waals surface area contributed by atoms with Gasteiger partial charge in [0.2, 0.25) is 0 Å². The van der Waals surface area contributed by atoms with Crippen molar-refractivity contribution in [3.8, 4) is 11.8 Å². The molecule has 23 heavy (non-hydrogen) atoms. The molecular weight excluding hydrogens is 297 g/mol. The van der Waals surface area contributed by atoms with Crippen molar-refractivity contribution in [1.82, 2.24) is 0 Å². The molecule has 5 heteroatoms. The molecule has 4 rings (SSSR count). The van der Waals surface area contributed by atoms with E-state index in [0.29, 0.717) is 40.2 Å². The molecule has 114 valence electrons. The van der Waals surface area contributed by atoms with E-state index in [9.17, 15) is 14.4 Å². The highest BCUT2D eigenvalue weighted by molar-refractivity contribution is 5.95. The lowest BCUT2D eigenvalue weighted by Gasteiger charge is -2.23. The van der Waals surface area contributed by atoms with Crippen molar-refractivity contribution in [2.45, 2.75) is 19.3 Å². The maximum absolute atomic E-state index is 14.8. The summed E-state index contributed by atoms with van der Waals surface area (Å²) in [5, 5.41) is 9.34. The standard InChI is InChI=1S/C18H12FNO3/c19-15-6-11-2-1-3-22-18(11)13-5-10(8-20)4-12-7-16(21)23-9-14(12)17(13)15/h4-6,9H,1-3,7H2. The molecule has 0 spiro atoms. The molecule has 1 aromatic carbocycles. The number of benzene rings is 1. The molecule has 0 bridgehead atoms. The third kappa shape index (κ3) is 2.15. The lowest BCUT2D eigenvalue weighted by atomic mass is 9.89. The number of cyclic esters (lactones) is 1. The average molecular weight is 309 g/mol. The smallest absolute Gasteiger partial charge is 0.315 e. The van der Waals surface area contributed by atoms with Crippen LogP contribution in [0, 0.1) is 17.1 Å². The Hall–Kier alpha value is -2.87. The number of fused-ring (bicyclic) bond motifs is 5. The molecule has 0 radical (unpaired) electrons. The van der Waals surface area contributed by atoms with Gasteiger partial charge < -0.3 is 9.47 Å². The molecule has 2 heterocycles. The van der Waals surface area contributed by atoms with E-state index in [2.05, 4.69) is 6.07 Å². The van der Waals surface area contributed by atoms with Gasteiger partial charge in [-0.3, -0.25) is 4.79 Å². The van der Waals surface area contributed by atoms with Crippen LogP contribution >= 0.6 is 0 Å². The summed E-state index contributed by atoms with van der Waals surface area (Å²) in [6, 6.07) is 3.57. The monoisotopic (exact) mass is 309 g/mol. The van der Waals surface area contributed by atoms with Gasteiger partial charge in [-0.25, -0.2) is 4.39 Å². The Morgan fingerprint density at radius 1 is 1.30 bits per heavy atom. The predicted octanol–water partition coefficient (Wildman–Crippen LogP) is 3.29. The lowest BCUT2D eigenvalue weighted by molar-refractivity contribution is -0.137. The second-order valence-corrected chi connectivity index (χ2v) is 5.67. The Morgan fingerprint density at radius 3 is 3.00 bits per heavy atom. The van der Waals surface area contributed by atoms with Crippen LogP contribution in [-0.4, -0.2) is 12.6 Å². The quantitative estimate of drug-likeness (QED) is 0.690. The van der Waals surface area contributed by atoms with Crippen molar-refractivity contribution in [2.24, 2.45) is 0 Å². The summed E-state index contributed by atoms with van der Waals surface area (Å²) in [6.07, 6.45) is 6.10. The summed E-state index contributed by atoms with van der Waals surface area (Å²) in [7, 11) is 0. The number of halogens is 1. The first-order chi connectivity index (χ1) is 11.2. The van der Waals surface area contributed by atoms with Crippen LogP contribution in [0.1, 0.15) is 29.5 Å². The van der Waals surface area contributed by atoms with Gasteiger partial charge in [-0.15, -0.1) is 0 Å². The third-order valence-electron chi connectivity index (χ3n) is 4.20. The van der Waals surface area contributed by atoms with Gasteiger partial charge in [0.1, 0.15) is 17.8 Å². The Morgan fingerprint density at radius 2 is 2.17 bits per heavy atom. The first-order valence-corrected chi connectivity index (χ1v) is 7.38. The molecule has 4 nitrogen and oxygen atoms in total. The number of rotatable bonds is 0. The van der Waals surface area contributed by atoms with Crippen molar-refractivity contribution in [3.05, 3.63) is 52.1 Å². The van der Waals surface area contributed by atoms with Crippen LogP contribution in [0.15, 0.2) is 29.6 Å². The van der Waals surface area contributed by atoms with E-state index in [-0.39, 0.29) is 6.42 Å². The minimum absolute atomic E-state index is 0.0156. The first kappa shape index (κ1) is 13.8. The normalized spacial score (nSPS) is 18.6. The average Bonchev–Trinajstić information content (AvgIpc) is 2.71. The summed E-state index contributed by atoms with van der Waals surface area (Å²) < 4.78 is 25.5. The maximum Gasteiger partial charge on any atom is 0.315 e. The van der Waals surface area contributed by atoms with E-state index in [1.54, 1.807) is 12.2 Å². The molecule has 0 saturated carbocycles. The van der Waals surface area contributed by atoms with Crippen molar-refractivity contribution in [2.75, 3.05) is 6.61 Å². The van der Waals surface area contributed by atoms with E-state index in [0.717, 1.165) is 18.4 Å². The van der Waals surface area contributed by atoms with Crippen molar-refractivity contribution in [1.29, 1.82) is 5.26 Å². The van der Waals surface area contributed by atoms with Gasteiger partial charge in [0.25, 0.3) is 0 Å². The number of allylic oxidation sites excluding steroid dienone is 3. The Labute approximate surface area is 132 Å². The fourth-order valence-electron chi connectivity index (χ4n) is 3.20. The van der Waals surface area contributed by atoms with Crippen molar-refractivity contribution in [3.63, 3.8) is 0 Å². The Kier molecular flexibility index (Phi) is 3.05. The molecule has 0 atom stereocenters. The number of nitriles is 1. The largest absolute Gasteiger partial charge is 0.493 e. The molecular formula is C18H12FNO3. The van der Waals surface area contributed by atoms with Crippen molar-refractivity contribution < 1.29 is 18.7 Å². The van der Waals surface area contributed by atoms with Gasteiger partial charge in [-0.2, -0.15) is 5.26 Å². The van der Waals surface area contributed by atoms with E-state index in [1.165, 1.54) is 12.3 Å². The summed E-state index contributed by atoms with van der Waals surface area (Å²) in [4.78, 5) is 11.5. The van der Waals surface area contributed by atoms with Crippen LogP contribution in [0.5, 0.6) is 5.75 Å². The molecule has 3 aliphatic rings. The number of hydrogen-bond donors (Lipinski definition) is 0. The highest BCUT2D eigenvalue weighted by Crippen LogP contribution is 2.43. The highest BCUT2D eigenvalue weighted by Gasteiger charge is 2.29. The van der Waals surface area contributed by atoms with Crippen LogP contribution < -0.4 is 4.74 Å². The van der Waals surface area contributed by atoms with E-state index in [1.807, 2.05) is 0 Å². The molecule has 0 saturated heterocycles. The zero-order valence-electron chi connectivity index (χ0n) is 12.2. The number of carbonyl (C=O) groups excluding carboxylic acids is 1. The highest BCUT2D eigenvalue weighted by atomic mass is 19.1. The Balaban J connectivity index is 2.05. The molecule has 0 N–H and O–H groups in total. The van der Waals surface area contributed by atoms with E-state index in [4.69, 9.17) is 9.47 Å². The van der Waals surface area contributed by atoms with Gasteiger partial charge >= 0.3 is 5.97 Å². The van der Waals surface area contributed by atoms with Crippen LogP contribution in [0.25, 0.3) is 11.6 Å². The lowest BCUT2D eigenvalue weighted by Crippen LogP contribution is -2.14. The van der Waals surface area contributed by atoms with Gasteiger partial charge in [0, 0.05) is 16.7 Å². The van der Waals surface area contributed by atoms with E-state index < -0.39 is 11.8 Å². The molecule has 0 amide bonds. The second-order valence-electron chi connectivity index (χ2n) is 5.67. The van der Waals surface area contributed by atoms with Gasteiger partial charge in [-0.1, -0.05) is 0 Å². The van der Waals surface area contributed by atoms with Gasteiger partial charge in [0.05, 0.1) is 24.7 Å².